The quantitative estimate of drug-likeness (QED) is 0.423. The van der Waals surface area contributed by atoms with Crippen LogP contribution in [0.5, 0.6) is 0 Å². The van der Waals surface area contributed by atoms with Gasteiger partial charge in [-0.1, -0.05) is 0 Å². The molecule has 0 heterocycles. The van der Waals surface area contributed by atoms with E-state index in [9.17, 15) is 4.79 Å². The van der Waals surface area contributed by atoms with Crippen LogP contribution in [0.15, 0.2) is 0 Å². The molecular weight excluding hydrogens is 91.0 g/mol. The molecule has 32 valence electrons. The predicted molar refractivity (Wildman–Crippen MR) is 24.9 cm³/mol. The monoisotopic (exact) mass is 98.0 g/mol. The van der Waals surface area contributed by atoms with Gasteiger partial charge >= 0.3 is 29.6 Å². The zero-order valence-electron chi connectivity index (χ0n) is 3.06. The Kier molecular flexibility index (Phi) is 9.20. The second kappa shape index (κ2) is 5.63. The maximum absolute atomic E-state index is 9.56. The van der Waals surface area contributed by atoms with Gasteiger partial charge in [-0.2, -0.15) is 0 Å². The number of carbonyl (C=O) groups is 1. The number of rotatable bonds is 1. The fourth-order valence-electron chi connectivity index (χ4n) is 0. The molecule has 0 rings (SSSR count). The van der Waals surface area contributed by atoms with Crippen molar-refractivity contribution in [1.29, 1.82) is 0 Å². The van der Waals surface area contributed by atoms with Crippen LogP contribution in [0.4, 0.5) is 0 Å². The van der Waals surface area contributed by atoms with Crippen LogP contribution < -0.4 is 0 Å². The summed E-state index contributed by atoms with van der Waals surface area (Å²) in [6, 6.07) is 0. The van der Waals surface area contributed by atoms with Crippen molar-refractivity contribution in [2.45, 2.75) is 6.92 Å². The van der Waals surface area contributed by atoms with E-state index in [-0.39, 0.29) is 41.9 Å². The molecule has 0 bridgehead atoms. The number of aliphatic hydroxyl groups excluding tert-OH is 1. The van der Waals surface area contributed by atoms with Gasteiger partial charge in [0.25, 0.3) is 0 Å². The van der Waals surface area contributed by atoms with Crippen molar-refractivity contribution in [2.24, 2.45) is 0 Å². The molecule has 0 aliphatic carbocycles. The van der Waals surface area contributed by atoms with Gasteiger partial charge in [0.15, 0.2) is 5.78 Å². The van der Waals surface area contributed by atoms with E-state index in [1.807, 2.05) is 0 Å². The minimum absolute atomic E-state index is 0. The zero-order chi connectivity index (χ0) is 4.28. The Bertz CT molecular complexity index is 44.1. The van der Waals surface area contributed by atoms with Gasteiger partial charge in [0.05, 0.1) is 0 Å². The summed E-state index contributed by atoms with van der Waals surface area (Å²) in [4.78, 5) is 9.56. The molecule has 0 aliphatic rings. The molecular formula is C3H7NaO2. The van der Waals surface area contributed by atoms with E-state index in [0.717, 1.165) is 0 Å². The molecule has 0 aromatic rings. The average Bonchev–Trinajstić information content (AvgIpc) is 1.38. The fourth-order valence-corrected chi connectivity index (χ4v) is 0. The first-order chi connectivity index (χ1) is 2.27. The van der Waals surface area contributed by atoms with Crippen molar-refractivity contribution in [3.8, 4) is 0 Å². The molecule has 0 amide bonds. The molecule has 0 aliphatic heterocycles. The Morgan fingerprint density at radius 2 is 2.00 bits per heavy atom. The van der Waals surface area contributed by atoms with Crippen molar-refractivity contribution in [3.63, 3.8) is 0 Å². The van der Waals surface area contributed by atoms with Crippen LogP contribution in [0.3, 0.4) is 0 Å². The third kappa shape index (κ3) is 8.82. The van der Waals surface area contributed by atoms with Gasteiger partial charge < -0.3 is 5.11 Å². The molecule has 0 unspecified atom stereocenters. The minimum atomic E-state index is -0.333. The van der Waals surface area contributed by atoms with Gasteiger partial charge in [0.2, 0.25) is 0 Å². The van der Waals surface area contributed by atoms with Crippen molar-refractivity contribution < 1.29 is 9.90 Å². The Labute approximate surface area is 58.8 Å². The van der Waals surface area contributed by atoms with Crippen LogP contribution in [-0.2, 0) is 4.79 Å². The van der Waals surface area contributed by atoms with Crippen LogP contribution in [0.1, 0.15) is 6.92 Å². The molecule has 3 heteroatoms. The third-order valence-corrected chi connectivity index (χ3v) is 0.223. The van der Waals surface area contributed by atoms with E-state index in [4.69, 9.17) is 5.11 Å². The molecule has 0 saturated carbocycles. The molecule has 0 atom stereocenters. The molecule has 0 spiro atoms. The molecule has 0 saturated heterocycles. The first-order valence-corrected chi connectivity index (χ1v) is 1.37. The number of ketones is 1. The molecule has 2 nitrogen and oxygen atoms in total. The van der Waals surface area contributed by atoms with Gasteiger partial charge in [-0.25, -0.2) is 0 Å². The third-order valence-electron chi connectivity index (χ3n) is 0.223. The second-order valence-corrected chi connectivity index (χ2v) is 0.860. The summed E-state index contributed by atoms with van der Waals surface area (Å²) >= 11 is 0. The Morgan fingerprint density at radius 3 is 2.00 bits per heavy atom. The number of hydrogen-bond donors (Lipinski definition) is 1. The average molecular weight is 98.1 g/mol. The summed E-state index contributed by atoms with van der Waals surface area (Å²) in [5.74, 6) is -0.190. The number of aliphatic hydroxyl groups is 1. The van der Waals surface area contributed by atoms with Crippen LogP contribution in [0.25, 0.3) is 0 Å². The van der Waals surface area contributed by atoms with E-state index in [1.165, 1.54) is 6.92 Å². The molecule has 0 aromatic carbocycles. The van der Waals surface area contributed by atoms with Crippen molar-refractivity contribution in [2.75, 3.05) is 6.61 Å². The van der Waals surface area contributed by atoms with Gasteiger partial charge in [-0.15, -0.1) is 0 Å². The van der Waals surface area contributed by atoms with Gasteiger partial charge in [-0.05, 0) is 6.92 Å². The van der Waals surface area contributed by atoms with Gasteiger partial charge in [0, 0.05) is 0 Å². The Hall–Kier alpha value is 0.630. The van der Waals surface area contributed by atoms with E-state index in [1.54, 1.807) is 0 Å². The van der Waals surface area contributed by atoms with Crippen LogP contribution in [0.2, 0.25) is 0 Å². The van der Waals surface area contributed by atoms with Crippen LogP contribution in [-0.4, -0.2) is 47.1 Å². The van der Waals surface area contributed by atoms with Crippen LogP contribution >= 0.6 is 0 Å². The summed E-state index contributed by atoms with van der Waals surface area (Å²) in [5, 5.41) is 7.79. The van der Waals surface area contributed by atoms with Gasteiger partial charge in [-0.3, -0.25) is 4.79 Å². The molecule has 1 N–H and O–H groups in total. The summed E-state index contributed by atoms with van der Waals surface area (Å²) in [7, 11) is 0. The zero-order valence-corrected chi connectivity index (χ0v) is 3.06. The fraction of sp³-hybridized carbons (Fsp3) is 0.667. The van der Waals surface area contributed by atoms with Crippen LogP contribution in [0, 0.1) is 0 Å². The molecule has 0 radical (unpaired) electrons. The van der Waals surface area contributed by atoms with E-state index in [0.29, 0.717) is 0 Å². The SMILES string of the molecule is CC(=O)CO.[NaH]. The van der Waals surface area contributed by atoms with Crippen molar-refractivity contribution in [1.82, 2.24) is 0 Å². The summed E-state index contributed by atoms with van der Waals surface area (Å²) in [6.45, 7) is 1.000. The van der Waals surface area contributed by atoms with E-state index in [2.05, 4.69) is 0 Å². The van der Waals surface area contributed by atoms with Crippen molar-refractivity contribution in [3.05, 3.63) is 0 Å². The molecule has 0 aromatic heterocycles. The number of carbonyl (C=O) groups excluding carboxylic acids is 1. The summed E-state index contributed by atoms with van der Waals surface area (Å²) in [6.07, 6.45) is 0. The molecule has 6 heavy (non-hydrogen) atoms. The van der Waals surface area contributed by atoms with E-state index < -0.39 is 0 Å². The normalized spacial score (nSPS) is 6.33. The number of hydrogen-bond acceptors (Lipinski definition) is 2. The second-order valence-electron chi connectivity index (χ2n) is 0.860. The van der Waals surface area contributed by atoms with E-state index >= 15 is 0 Å². The summed E-state index contributed by atoms with van der Waals surface area (Å²) < 4.78 is 0. The first-order valence-electron chi connectivity index (χ1n) is 1.37. The predicted octanol–water partition coefficient (Wildman–Crippen LogP) is -1.08. The summed E-state index contributed by atoms with van der Waals surface area (Å²) in [5.41, 5.74) is 0. The topological polar surface area (TPSA) is 37.3 Å². The molecule has 0 fully saturated rings. The number of Topliss-reactive ketones (excluding diaryl/α,β-unsaturated/α-hetero) is 1. The maximum atomic E-state index is 9.56. The van der Waals surface area contributed by atoms with Gasteiger partial charge in [0.1, 0.15) is 6.61 Å². The standard InChI is InChI=1S/C3H6O2.Na.H/c1-3(5)2-4;;/h4H,2H2,1H3;;. The van der Waals surface area contributed by atoms with Crippen molar-refractivity contribution >= 4 is 35.3 Å². The Balaban J connectivity index is 0. The first kappa shape index (κ1) is 9.80. The Morgan fingerprint density at radius 1 is 1.83 bits per heavy atom.